The normalized spacial score (nSPS) is 49.6. The molecule has 1 nitrogen and oxygen atoms in total. The molecular formula is C14H25N. The third-order valence-electron chi connectivity index (χ3n) is 5.47. The van der Waals surface area contributed by atoms with Gasteiger partial charge in [-0.2, -0.15) is 0 Å². The minimum absolute atomic E-state index is 0.510. The summed E-state index contributed by atoms with van der Waals surface area (Å²) in [6, 6.07) is 0.510. The summed E-state index contributed by atoms with van der Waals surface area (Å²) in [4.78, 5) is 0. The number of rotatable bonds is 3. The average Bonchev–Trinajstić information content (AvgIpc) is 2.15. The molecule has 2 N–H and O–H groups in total. The van der Waals surface area contributed by atoms with Crippen molar-refractivity contribution in [2.75, 3.05) is 0 Å². The quantitative estimate of drug-likeness (QED) is 0.754. The van der Waals surface area contributed by atoms with E-state index in [1.807, 2.05) is 0 Å². The highest BCUT2D eigenvalue weighted by Gasteiger charge is 2.52. The largest absolute Gasteiger partial charge is 0.327 e. The van der Waals surface area contributed by atoms with Crippen molar-refractivity contribution in [3.63, 3.8) is 0 Å². The maximum absolute atomic E-state index is 6.48. The second-order valence-corrected chi connectivity index (χ2v) is 6.68. The first-order chi connectivity index (χ1) is 7.22. The van der Waals surface area contributed by atoms with Gasteiger partial charge in [0, 0.05) is 6.04 Å². The molecule has 4 aliphatic rings. The van der Waals surface area contributed by atoms with Gasteiger partial charge in [0.05, 0.1) is 0 Å². The minimum atomic E-state index is 0.510. The molecule has 0 aromatic heterocycles. The summed E-state index contributed by atoms with van der Waals surface area (Å²) >= 11 is 0. The van der Waals surface area contributed by atoms with Gasteiger partial charge in [-0.1, -0.05) is 13.3 Å². The Kier molecular flexibility index (Phi) is 2.35. The van der Waals surface area contributed by atoms with Crippen LogP contribution in [0.2, 0.25) is 0 Å². The highest BCUT2D eigenvalue weighted by atomic mass is 14.7. The zero-order chi connectivity index (χ0) is 10.5. The highest BCUT2D eigenvalue weighted by Crippen LogP contribution is 2.61. The van der Waals surface area contributed by atoms with Gasteiger partial charge in [0.2, 0.25) is 0 Å². The van der Waals surface area contributed by atoms with Crippen molar-refractivity contribution in [1.82, 2.24) is 0 Å². The van der Waals surface area contributed by atoms with Crippen LogP contribution in [-0.2, 0) is 0 Å². The number of nitrogens with two attached hydrogens (primary N) is 1. The van der Waals surface area contributed by atoms with Gasteiger partial charge in [-0.3, -0.25) is 0 Å². The Morgan fingerprint density at radius 2 is 1.53 bits per heavy atom. The van der Waals surface area contributed by atoms with Crippen molar-refractivity contribution in [3.8, 4) is 0 Å². The molecule has 0 aliphatic heterocycles. The fraction of sp³-hybridized carbons (Fsp3) is 1.00. The lowest BCUT2D eigenvalue weighted by Crippen LogP contribution is -2.54. The van der Waals surface area contributed by atoms with E-state index in [1.54, 1.807) is 0 Å². The second kappa shape index (κ2) is 3.48. The standard InChI is InChI=1S/C14H25N/c1-2-3-13(15)14-7-10-4-11(8-14)6-12(5-10)9-14/h10-13H,2-9,15H2,1H3. The average molecular weight is 207 g/mol. The summed E-state index contributed by atoms with van der Waals surface area (Å²) in [5, 5.41) is 0. The number of hydrogen-bond acceptors (Lipinski definition) is 1. The molecule has 4 aliphatic carbocycles. The third-order valence-corrected chi connectivity index (χ3v) is 5.47. The Balaban J connectivity index is 1.80. The van der Waals surface area contributed by atoms with E-state index in [9.17, 15) is 0 Å². The maximum Gasteiger partial charge on any atom is 0.00957 e. The first kappa shape index (κ1) is 10.1. The SMILES string of the molecule is CCCC(N)C12CC3CC(CC(C3)C1)C2. The fourth-order valence-electron chi connectivity index (χ4n) is 5.25. The fourth-order valence-corrected chi connectivity index (χ4v) is 5.25. The van der Waals surface area contributed by atoms with Crippen LogP contribution >= 0.6 is 0 Å². The van der Waals surface area contributed by atoms with E-state index < -0.39 is 0 Å². The Labute approximate surface area is 93.8 Å². The van der Waals surface area contributed by atoms with E-state index in [4.69, 9.17) is 5.73 Å². The molecule has 1 atom stereocenters. The van der Waals surface area contributed by atoms with Crippen LogP contribution in [-0.4, -0.2) is 6.04 Å². The third kappa shape index (κ3) is 1.54. The van der Waals surface area contributed by atoms with E-state index >= 15 is 0 Å². The highest BCUT2D eigenvalue weighted by molar-refractivity contribution is 5.05. The smallest absolute Gasteiger partial charge is 0.00957 e. The predicted molar refractivity (Wildman–Crippen MR) is 63.5 cm³/mol. The monoisotopic (exact) mass is 207 g/mol. The summed E-state index contributed by atoms with van der Waals surface area (Å²) in [6.07, 6.45) is 11.6. The van der Waals surface area contributed by atoms with Crippen LogP contribution < -0.4 is 5.73 Å². The van der Waals surface area contributed by atoms with E-state index in [0.29, 0.717) is 11.5 Å². The lowest BCUT2D eigenvalue weighted by atomic mass is 9.47. The van der Waals surface area contributed by atoms with Crippen LogP contribution in [0.3, 0.4) is 0 Å². The zero-order valence-corrected chi connectivity index (χ0v) is 10.0. The van der Waals surface area contributed by atoms with Crippen LogP contribution in [0.5, 0.6) is 0 Å². The van der Waals surface area contributed by atoms with E-state index in [2.05, 4.69) is 6.92 Å². The molecule has 0 radical (unpaired) electrons. The van der Waals surface area contributed by atoms with E-state index in [-0.39, 0.29) is 0 Å². The topological polar surface area (TPSA) is 26.0 Å². The van der Waals surface area contributed by atoms with Crippen LogP contribution in [0.15, 0.2) is 0 Å². The van der Waals surface area contributed by atoms with Crippen molar-refractivity contribution >= 4 is 0 Å². The first-order valence-electron chi connectivity index (χ1n) is 6.97. The molecule has 1 unspecified atom stereocenters. The van der Waals surface area contributed by atoms with Gasteiger partial charge in [-0.15, -0.1) is 0 Å². The summed E-state index contributed by atoms with van der Waals surface area (Å²) in [5.41, 5.74) is 7.07. The molecule has 4 fully saturated rings. The molecule has 0 spiro atoms. The van der Waals surface area contributed by atoms with Gasteiger partial charge in [0.25, 0.3) is 0 Å². The Bertz CT molecular complexity index is 210. The second-order valence-electron chi connectivity index (χ2n) is 6.68. The number of hydrogen-bond donors (Lipinski definition) is 1. The van der Waals surface area contributed by atoms with Crippen LogP contribution in [0, 0.1) is 23.2 Å². The van der Waals surface area contributed by atoms with Crippen molar-refractivity contribution < 1.29 is 0 Å². The van der Waals surface area contributed by atoms with Crippen LogP contribution in [0.25, 0.3) is 0 Å². The Morgan fingerprint density at radius 1 is 1.07 bits per heavy atom. The van der Waals surface area contributed by atoms with Crippen LogP contribution in [0.4, 0.5) is 0 Å². The van der Waals surface area contributed by atoms with Gasteiger partial charge in [0.1, 0.15) is 0 Å². The maximum atomic E-state index is 6.48. The van der Waals surface area contributed by atoms with Gasteiger partial charge >= 0.3 is 0 Å². The molecule has 4 bridgehead atoms. The molecule has 0 aromatic carbocycles. The lowest BCUT2D eigenvalue weighted by Gasteiger charge is -2.59. The Hall–Kier alpha value is -0.0400. The van der Waals surface area contributed by atoms with Crippen molar-refractivity contribution in [3.05, 3.63) is 0 Å². The summed E-state index contributed by atoms with van der Waals surface area (Å²) in [7, 11) is 0. The Morgan fingerprint density at radius 3 is 1.93 bits per heavy atom. The molecule has 0 saturated heterocycles. The molecule has 4 rings (SSSR count). The molecule has 1 heteroatoms. The predicted octanol–water partition coefficient (Wildman–Crippen LogP) is 3.33. The zero-order valence-electron chi connectivity index (χ0n) is 10.0. The molecule has 0 aromatic rings. The van der Waals surface area contributed by atoms with Crippen LogP contribution in [0.1, 0.15) is 58.3 Å². The summed E-state index contributed by atoms with van der Waals surface area (Å²) in [6.45, 7) is 2.28. The first-order valence-corrected chi connectivity index (χ1v) is 6.97. The van der Waals surface area contributed by atoms with Gasteiger partial charge in [-0.25, -0.2) is 0 Å². The molecular weight excluding hydrogens is 182 g/mol. The van der Waals surface area contributed by atoms with Crippen molar-refractivity contribution in [2.45, 2.75) is 64.3 Å². The summed E-state index contributed by atoms with van der Waals surface area (Å²) in [5.74, 6) is 3.16. The lowest BCUT2D eigenvalue weighted by molar-refractivity contribution is -0.0682. The molecule has 0 amide bonds. The van der Waals surface area contributed by atoms with E-state index in [1.165, 1.54) is 51.4 Å². The van der Waals surface area contributed by atoms with E-state index in [0.717, 1.165) is 17.8 Å². The van der Waals surface area contributed by atoms with Gasteiger partial charge in [0.15, 0.2) is 0 Å². The molecule has 86 valence electrons. The van der Waals surface area contributed by atoms with Gasteiger partial charge < -0.3 is 5.73 Å². The van der Waals surface area contributed by atoms with Crippen molar-refractivity contribution in [2.24, 2.45) is 28.9 Å². The minimum Gasteiger partial charge on any atom is -0.327 e. The molecule has 0 heterocycles. The van der Waals surface area contributed by atoms with Crippen molar-refractivity contribution in [1.29, 1.82) is 0 Å². The molecule has 15 heavy (non-hydrogen) atoms. The molecule has 4 saturated carbocycles. The van der Waals surface area contributed by atoms with Gasteiger partial charge in [-0.05, 0) is 68.1 Å². The summed E-state index contributed by atoms with van der Waals surface area (Å²) < 4.78 is 0.